The minimum Gasteiger partial charge on any atom is -0.473 e. The summed E-state index contributed by atoms with van der Waals surface area (Å²) in [4.78, 5) is 42.0. The summed E-state index contributed by atoms with van der Waals surface area (Å²) in [6.07, 6.45) is 0.814. The number of carbonyl (C=O) groups is 4. The highest BCUT2D eigenvalue weighted by molar-refractivity contribution is 6.27. The summed E-state index contributed by atoms with van der Waals surface area (Å²) < 4.78 is 0. The van der Waals surface area contributed by atoms with Crippen molar-refractivity contribution in [2.45, 2.75) is 31.3 Å². The number of hydrogen-bond acceptors (Lipinski definition) is 5. The molecule has 0 aromatic rings. The zero-order chi connectivity index (χ0) is 17.4. The molecule has 10 heteroatoms. The molecule has 0 heterocycles. The average Bonchev–Trinajstić information content (AvgIpc) is 2.40. The lowest BCUT2D eigenvalue weighted by Gasteiger charge is -2.34. The Morgan fingerprint density at radius 2 is 1.55 bits per heavy atom. The summed E-state index contributed by atoms with van der Waals surface area (Å²) in [7, 11) is 3.41. The predicted molar refractivity (Wildman–Crippen MR) is 74.2 cm³/mol. The molecule has 0 bridgehead atoms. The summed E-state index contributed by atoms with van der Waals surface area (Å²) >= 11 is 0. The van der Waals surface area contributed by atoms with Gasteiger partial charge in [-0.3, -0.25) is 4.79 Å². The number of carboxylic acids is 2. The lowest BCUT2D eigenvalue weighted by atomic mass is 9.82. The van der Waals surface area contributed by atoms with Gasteiger partial charge in [0.25, 0.3) is 0 Å². The van der Waals surface area contributed by atoms with Crippen molar-refractivity contribution in [3.63, 3.8) is 0 Å². The van der Waals surface area contributed by atoms with Crippen molar-refractivity contribution < 1.29 is 34.5 Å². The topological polar surface area (TPSA) is 170 Å². The normalized spacial score (nSPS) is 23.5. The first-order valence-electron chi connectivity index (χ1n) is 6.48. The van der Waals surface area contributed by atoms with Crippen molar-refractivity contribution in [1.29, 1.82) is 0 Å². The van der Waals surface area contributed by atoms with Crippen molar-refractivity contribution in [3.05, 3.63) is 0 Å². The maximum Gasteiger partial charge on any atom is 0.414 e. The minimum atomic E-state index is -1.82. The van der Waals surface area contributed by atoms with E-state index in [4.69, 9.17) is 30.6 Å². The zero-order valence-electron chi connectivity index (χ0n) is 12.4. The minimum absolute atomic E-state index is 0.0455. The fourth-order valence-electron chi connectivity index (χ4n) is 2.11. The van der Waals surface area contributed by atoms with Crippen molar-refractivity contribution >= 4 is 23.9 Å². The molecule has 10 nitrogen and oxygen atoms in total. The van der Waals surface area contributed by atoms with Crippen molar-refractivity contribution in [2.75, 3.05) is 14.1 Å². The summed E-state index contributed by atoms with van der Waals surface area (Å²) in [6.45, 7) is 0. The average molecular weight is 319 g/mol. The van der Waals surface area contributed by atoms with Gasteiger partial charge in [0.15, 0.2) is 0 Å². The molecule has 0 saturated heterocycles. The fraction of sp³-hybridized carbons (Fsp3) is 0.667. The van der Waals surface area contributed by atoms with E-state index in [0.29, 0.717) is 12.8 Å². The first-order valence-corrected chi connectivity index (χ1v) is 6.48. The molecular weight excluding hydrogens is 298 g/mol. The van der Waals surface area contributed by atoms with Gasteiger partial charge in [-0.2, -0.15) is 0 Å². The molecule has 1 fully saturated rings. The van der Waals surface area contributed by atoms with Crippen LogP contribution in [0.5, 0.6) is 0 Å². The van der Waals surface area contributed by atoms with Gasteiger partial charge in [0.1, 0.15) is 0 Å². The van der Waals surface area contributed by atoms with Crippen LogP contribution in [-0.4, -0.2) is 70.3 Å². The van der Waals surface area contributed by atoms with E-state index in [1.165, 1.54) is 0 Å². The van der Waals surface area contributed by atoms with Gasteiger partial charge < -0.3 is 31.3 Å². The van der Waals surface area contributed by atoms with Gasteiger partial charge in [-0.1, -0.05) is 0 Å². The second-order valence-corrected chi connectivity index (χ2v) is 5.07. The largest absolute Gasteiger partial charge is 0.473 e. The Morgan fingerprint density at radius 3 is 1.91 bits per heavy atom. The van der Waals surface area contributed by atoms with Crippen LogP contribution in [-0.2, 0) is 14.4 Å². The SMILES string of the molecule is CN(C)C(=O)[C@H]1CC[C@H](N)[C@H](NC(=O)O)C1.O=C(O)C(=O)O. The van der Waals surface area contributed by atoms with Gasteiger partial charge in [-0.05, 0) is 19.3 Å². The number of hydrogen-bond donors (Lipinski definition) is 5. The zero-order valence-corrected chi connectivity index (χ0v) is 12.4. The second kappa shape index (κ2) is 8.82. The Morgan fingerprint density at radius 1 is 1.05 bits per heavy atom. The molecule has 0 aromatic carbocycles. The van der Waals surface area contributed by atoms with E-state index in [9.17, 15) is 9.59 Å². The van der Waals surface area contributed by atoms with Crippen molar-refractivity contribution in [2.24, 2.45) is 11.7 Å². The van der Waals surface area contributed by atoms with Gasteiger partial charge in [-0.15, -0.1) is 0 Å². The van der Waals surface area contributed by atoms with E-state index < -0.39 is 18.0 Å². The molecule has 0 aromatic heterocycles. The van der Waals surface area contributed by atoms with Crippen LogP contribution >= 0.6 is 0 Å². The molecule has 0 unspecified atom stereocenters. The second-order valence-electron chi connectivity index (χ2n) is 5.07. The number of nitrogens with zero attached hydrogens (tertiary/aromatic N) is 1. The highest BCUT2D eigenvalue weighted by Gasteiger charge is 2.33. The lowest BCUT2D eigenvalue weighted by Crippen LogP contribution is -2.52. The molecule has 126 valence electrons. The van der Waals surface area contributed by atoms with E-state index in [2.05, 4.69) is 5.32 Å². The molecule has 0 spiro atoms. The highest BCUT2D eigenvalue weighted by atomic mass is 16.4. The Hall–Kier alpha value is -2.36. The molecular formula is C12H21N3O7. The van der Waals surface area contributed by atoms with Crippen molar-refractivity contribution in [1.82, 2.24) is 10.2 Å². The molecule has 1 aliphatic carbocycles. The third-order valence-corrected chi connectivity index (χ3v) is 3.19. The number of amides is 2. The number of aliphatic carboxylic acids is 2. The first kappa shape index (κ1) is 19.6. The van der Waals surface area contributed by atoms with Crippen LogP contribution in [0.4, 0.5) is 4.79 Å². The smallest absolute Gasteiger partial charge is 0.414 e. The quantitative estimate of drug-likeness (QED) is 0.403. The summed E-state index contributed by atoms with van der Waals surface area (Å²) in [5, 5.41) is 25.8. The maximum atomic E-state index is 11.7. The fourth-order valence-corrected chi connectivity index (χ4v) is 2.11. The predicted octanol–water partition coefficient (Wildman–Crippen LogP) is -1.01. The van der Waals surface area contributed by atoms with Gasteiger partial charge in [0.2, 0.25) is 5.91 Å². The van der Waals surface area contributed by atoms with E-state index in [1.54, 1.807) is 19.0 Å². The number of carboxylic acid groups (broad SMARTS) is 3. The Bertz CT molecular complexity index is 426. The molecule has 1 rings (SSSR count). The number of nitrogens with one attached hydrogen (secondary N) is 1. The van der Waals surface area contributed by atoms with Crippen LogP contribution in [0.2, 0.25) is 0 Å². The molecule has 0 radical (unpaired) electrons. The van der Waals surface area contributed by atoms with Gasteiger partial charge >= 0.3 is 18.0 Å². The molecule has 3 atom stereocenters. The summed E-state index contributed by atoms with van der Waals surface area (Å²) in [6, 6.07) is -0.512. The molecule has 1 aliphatic rings. The standard InChI is InChI=1S/C10H19N3O3.C2H2O4/c1-13(2)9(14)6-3-4-7(11)8(5-6)12-10(15)16;3-1(4)2(5)6/h6-8,12H,3-5,11H2,1-2H3,(H,15,16);(H,3,4)(H,5,6)/t6-,7-,8+;/m0./s1. The van der Waals surface area contributed by atoms with Crippen LogP contribution in [0, 0.1) is 5.92 Å². The lowest BCUT2D eigenvalue weighted by molar-refractivity contribution is -0.159. The first-order chi connectivity index (χ1) is 10.1. The summed E-state index contributed by atoms with van der Waals surface area (Å²) in [5.41, 5.74) is 5.82. The number of rotatable bonds is 2. The van der Waals surface area contributed by atoms with Crippen LogP contribution in [0.1, 0.15) is 19.3 Å². The van der Waals surface area contributed by atoms with Crippen molar-refractivity contribution in [3.8, 4) is 0 Å². The third kappa shape index (κ3) is 6.88. The number of nitrogens with two attached hydrogens (primary N) is 1. The van der Waals surface area contributed by atoms with Gasteiger partial charge in [0.05, 0.1) is 0 Å². The third-order valence-electron chi connectivity index (χ3n) is 3.19. The maximum absolute atomic E-state index is 11.7. The Labute approximate surface area is 126 Å². The van der Waals surface area contributed by atoms with E-state index in [1.807, 2.05) is 0 Å². The van der Waals surface area contributed by atoms with Crippen LogP contribution in [0.15, 0.2) is 0 Å². The molecule has 1 saturated carbocycles. The van der Waals surface area contributed by atoms with E-state index in [0.717, 1.165) is 6.42 Å². The highest BCUT2D eigenvalue weighted by Crippen LogP contribution is 2.25. The van der Waals surface area contributed by atoms with Crippen LogP contribution < -0.4 is 11.1 Å². The Kier molecular flexibility index (Phi) is 7.88. The van der Waals surface area contributed by atoms with Gasteiger partial charge in [-0.25, -0.2) is 14.4 Å². The van der Waals surface area contributed by atoms with E-state index >= 15 is 0 Å². The van der Waals surface area contributed by atoms with E-state index in [-0.39, 0.29) is 23.9 Å². The van der Waals surface area contributed by atoms with Gasteiger partial charge in [0, 0.05) is 32.1 Å². The van der Waals surface area contributed by atoms with Crippen LogP contribution in [0.25, 0.3) is 0 Å². The molecule has 2 amide bonds. The molecule has 6 N–H and O–H groups in total. The summed E-state index contributed by atoms with van der Waals surface area (Å²) in [5.74, 6) is -3.72. The molecule has 22 heavy (non-hydrogen) atoms. The molecule has 0 aliphatic heterocycles. The van der Waals surface area contributed by atoms with Crippen LogP contribution in [0.3, 0.4) is 0 Å². The number of carbonyl (C=O) groups excluding carboxylic acids is 1. The monoisotopic (exact) mass is 319 g/mol. The Balaban J connectivity index is 0.000000626.